The number of nitrogens with one attached hydrogen (secondary N) is 1. The lowest BCUT2D eigenvalue weighted by molar-refractivity contribution is -0.305. The highest BCUT2D eigenvalue weighted by atomic mass is 16.7. The molecule has 0 saturated carbocycles. The summed E-state index contributed by atoms with van der Waals surface area (Å²) in [6, 6.07) is -1.03. The molecule has 0 aromatic rings. The normalized spacial score (nSPS) is 19.1. The Balaban J connectivity index is 2.59. The molecule has 1 amide bonds. The summed E-state index contributed by atoms with van der Waals surface area (Å²) in [5.74, 6) is -1.20. The third-order valence-electron chi connectivity index (χ3n) is 15.9. The van der Waals surface area contributed by atoms with Gasteiger partial charge in [-0.25, -0.2) is 0 Å². The fourth-order valence-corrected chi connectivity index (χ4v) is 10.6. The van der Waals surface area contributed by atoms with Crippen LogP contribution in [-0.4, -0.2) is 99.6 Å². The molecule has 1 fully saturated rings. The van der Waals surface area contributed by atoms with Gasteiger partial charge in [0, 0.05) is 6.42 Å². The van der Waals surface area contributed by atoms with Crippen molar-refractivity contribution in [2.24, 2.45) is 0 Å². The Kier molecular flexibility index (Phi) is 52.0. The van der Waals surface area contributed by atoms with E-state index in [0.29, 0.717) is 12.8 Å². The smallest absolute Gasteiger partial charge is 0.306 e. The standard InChI is InChI=1S/C66H125NO10/c1-4-7-10-13-16-19-22-25-26-27-28-29-30-31-32-33-34-36-39-42-45-48-51-54-61(71)77-64-63(73)62(72)60(55-68)76-66(64)75-56-57(58(69)52-49-46-43-40-38-35-23-20-17-14-11-8-5-2)67-65(74)59(70)53-50-47-44-41-37-24-21-18-15-12-9-6-3/h37,41,49,52,57-60,62-64,66,68-70,72-73H,4-36,38-40,42-48,50-51,53-56H2,1-3H3,(H,67,74)/b41-37-,52-49+. The van der Waals surface area contributed by atoms with Crippen LogP contribution in [0.25, 0.3) is 0 Å². The van der Waals surface area contributed by atoms with Crippen molar-refractivity contribution in [2.75, 3.05) is 13.2 Å². The molecule has 0 radical (unpaired) electrons. The Bertz CT molecular complexity index is 1350. The molecule has 0 aromatic carbocycles. The quantitative estimate of drug-likeness (QED) is 0.0195. The average molecular weight is 1090 g/mol. The van der Waals surface area contributed by atoms with Crippen LogP contribution in [0.15, 0.2) is 24.3 Å². The summed E-state index contributed by atoms with van der Waals surface area (Å²) in [4.78, 5) is 26.5. The molecule has 0 aromatic heterocycles. The Labute approximate surface area is 473 Å². The van der Waals surface area contributed by atoms with Crippen molar-refractivity contribution in [2.45, 2.75) is 372 Å². The molecule has 1 aliphatic heterocycles. The zero-order valence-electron chi connectivity index (χ0n) is 50.4. The van der Waals surface area contributed by atoms with E-state index in [4.69, 9.17) is 14.2 Å². The maximum absolute atomic E-state index is 13.4. The average Bonchev–Trinajstić information content (AvgIpc) is 3.43. The molecule has 1 saturated heterocycles. The zero-order chi connectivity index (χ0) is 56.1. The molecule has 1 rings (SSSR count). The van der Waals surface area contributed by atoms with E-state index >= 15 is 0 Å². The van der Waals surface area contributed by atoms with Crippen molar-refractivity contribution in [3.63, 3.8) is 0 Å². The maximum atomic E-state index is 13.4. The molecule has 11 nitrogen and oxygen atoms in total. The van der Waals surface area contributed by atoms with Crippen molar-refractivity contribution < 1.29 is 49.3 Å². The number of ether oxygens (including phenoxy) is 3. The zero-order valence-corrected chi connectivity index (χ0v) is 50.4. The first kappa shape index (κ1) is 73.2. The van der Waals surface area contributed by atoms with Crippen LogP contribution in [0.4, 0.5) is 0 Å². The van der Waals surface area contributed by atoms with Gasteiger partial charge in [-0.15, -0.1) is 0 Å². The van der Waals surface area contributed by atoms with Gasteiger partial charge in [0.2, 0.25) is 5.91 Å². The van der Waals surface area contributed by atoms with Crippen molar-refractivity contribution in [3.8, 4) is 0 Å². The first-order chi connectivity index (χ1) is 37.7. The van der Waals surface area contributed by atoms with Gasteiger partial charge in [-0.05, 0) is 51.4 Å². The number of hydrogen-bond acceptors (Lipinski definition) is 10. The highest BCUT2D eigenvalue weighted by molar-refractivity contribution is 5.80. The second-order valence-electron chi connectivity index (χ2n) is 23.2. The minimum Gasteiger partial charge on any atom is -0.454 e. The van der Waals surface area contributed by atoms with E-state index in [-0.39, 0.29) is 19.4 Å². The van der Waals surface area contributed by atoms with Gasteiger partial charge in [0.25, 0.3) is 0 Å². The number of aliphatic hydroxyl groups excluding tert-OH is 5. The molecular formula is C66H125NO10. The van der Waals surface area contributed by atoms with E-state index in [1.165, 1.54) is 218 Å². The van der Waals surface area contributed by atoms with Crippen LogP contribution in [0.3, 0.4) is 0 Å². The summed E-state index contributed by atoms with van der Waals surface area (Å²) < 4.78 is 17.6. The van der Waals surface area contributed by atoms with Crippen LogP contribution >= 0.6 is 0 Å². The summed E-state index contributed by atoms with van der Waals surface area (Å²) in [6.45, 7) is 5.81. The van der Waals surface area contributed by atoms with Crippen LogP contribution in [0.2, 0.25) is 0 Å². The summed E-state index contributed by atoms with van der Waals surface area (Å²) in [5.41, 5.74) is 0. The lowest BCUT2D eigenvalue weighted by Gasteiger charge is -2.41. The highest BCUT2D eigenvalue weighted by Gasteiger charge is 2.47. The van der Waals surface area contributed by atoms with E-state index in [1.54, 1.807) is 6.08 Å². The number of rotatable bonds is 57. The second kappa shape index (κ2) is 54.7. The van der Waals surface area contributed by atoms with Gasteiger partial charge in [0.1, 0.15) is 24.4 Å². The molecular weight excluding hydrogens is 967 g/mol. The molecule has 8 unspecified atom stereocenters. The van der Waals surface area contributed by atoms with Crippen molar-refractivity contribution in [1.82, 2.24) is 5.32 Å². The number of esters is 1. The molecule has 454 valence electrons. The van der Waals surface area contributed by atoms with Gasteiger partial charge in [-0.2, -0.15) is 0 Å². The Morgan fingerprint density at radius 1 is 0.494 bits per heavy atom. The van der Waals surface area contributed by atoms with Gasteiger partial charge in [0.15, 0.2) is 12.4 Å². The molecule has 0 spiro atoms. The molecule has 11 heteroatoms. The van der Waals surface area contributed by atoms with E-state index in [2.05, 4.69) is 38.2 Å². The Morgan fingerprint density at radius 3 is 1.26 bits per heavy atom. The minimum atomic E-state index is -1.61. The van der Waals surface area contributed by atoms with Gasteiger partial charge in [-0.1, -0.05) is 289 Å². The van der Waals surface area contributed by atoms with E-state index in [0.717, 1.165) is 57.8 Å². The van der Waals surface area contributed by atoms with Gasteiger partial charge >= 0.3 is 5.97 Å². The maximum Gasteiger partial charge on any atom is 0.306 e. The first-order valence-electron chi connectivity index (χ1n) is 33.1. The predicted octanol–water partition coefficient (Wildman–Crippen LogP) is 16.1. The fraction of sp³-hybridized carbons (Fsp3) is 0.909. The fourth-order valence-electron chi connectivity index (χ4n) is 10.6. The summed E-state index contributed by atoms with van der Waals surface area (Å²) in [7, 11) is 0. The molecule has 77 heavy (non-hydrogen) atoms. The van der Waals surface area contributed by atoms with Gasteiger partial charge in [0.05, 0.1) is 25.4 Å². The topological polar surface area (TPSA) is 175 Å². The van der Waals surface area contributed by atoms with Crippen molar-refractivity contribution in [3.05, 3.63) is 24.3 Å². The monoisotopic (exact) mass is 1090 g/mol. The molecule has 0 aliphatic carbocycles. The lowest BCUT2D eigenvalue weighted by Crippen LogP contribution is -2.61. The van der Waals surface area contributed by atoms with Gasteiger partial charge in [-0.3, -0.25) is 9.59 Å². The first-order valence-corrected chi connectivity index (χ1v) is 33.1. The van der Waals surface area contributed by atoms with Gasteiger partial charge < -0.3 is 45.1 Å². The molecule has 1 heterocycles. The van der Waals surface area contributed by atoms with Crippen molar-refractivity contribution >= 4 is 11.9 Å². The van der Waals surface area contributed by atoms with Crippen molar-refractivity contribution in [1.29, 1.82) is 0 Å². The molecule has 0 bridgehead atoms. The number of carbonyl (C=O) groups excluding carboxylic acids is 2. The van der Waals surface area contributed by atoms with Crippen LogP contribution in [0.5, 0.6) is 0 Å². The van der Waals surface area contributed by atoms with Crippen LogP contribution in [-0.2, 0) is 23.8 Å². The van der Waals surface area contributed by atoms with Crippen LogP contribution < -0.4 is 5.32 Å². The van der Waals surface area contributed by atoms with Crippen LogP contribution in [0.1, 0.15) is 323 Å². The van der Waals surface area contributed by atoms with E-state index < -0.39 is 67.4 Å². The van der Waals surface area contributed by atoms with E-state index in [9.17, 15) is 35.1 Å². The number of amides is 1. The number of aliphatic hydroxyl groups is 5. The number of unbranched alkanes of at least 4 members (excludes halogenated alkanes) is 41. The Morgan fingerprint density at radius 2 is 0.857 bits per heavy atom. The molecule has 6 N–H and O–H groups in total. The third-order valence-corrected chi connectivity index (χ3v) is 15.9. The Hall–Kier alpha value is -1.86. The van der Waals surface area contributed by atoms with E-state index in [1.807, 2.05) is 6.08 Å². The molecule has 1 aliphatic rings. The summed E-state index contributed by atoms with van der Waals surface area (Å²) in [5, 5.41) is 57.0. The van der Waals surface area contributed by atoms with Crippen LogP contribution in [0, 0.1) is 0 Å². The summed E-state index contributed by atoms with van der Waals surface area (Å²) >= 11 is 0. The highest BCUT2D eigenvalue weighted by Crippen LogP contribution is 2.26. The SMILES string of the molecule is CCCCCCCC/C=C\CCCCC(O)C(=O)NC(COC1OC(CO)C(O)C(O)C1OC(=O)CCCCCCCCCCCCCCCCCCCCCCCCC)C(O)/C=C/CCCCCCCCCCCCC. The third kappa shape index (κ3) is 42.6. The largest absolute Gasteiger partial charge is 0.454 e. The predicted molar refractivity (Wildman–Crippen MR) is 320 cm³/mol. The second-order valence-corrected chi connectivity index (χ2v) is 23.2. The number of carbonyl (C=O) groups is 2. The summed E-state index contributed by atoms with van der Waals surface area (Å²) in [6.07, 6.45) is 53.7. The number of hydrogen-bond donors (Lipinski definition) is 6. The lowest BCUT2D eigenvalue weighted by atomic mass is 9.99. The number of allylic oxidation sites excluding steroid dienone is 3. The molecule has 8 atom stereocenters. The minimum absolute atomic E-state index is 0.128.